The summed E-state index contributed by atoms with van der Waals surface area (Å²) in [4.78, 5) is 27.4. The third kappa shape index (κ3) is 6.87. The van der Waals surface area contributed by atoms with Gasteiger partial charge in [-0.15, -0.1) is 0 Å². The van der Waals surface area contributed by atoms with Gasteiger partial charge in [-0.25, -0.2) is 4.39 Å². The number of hydrogen-bond donors (Lipinski definition) is 1. The number of ether oxygens (including phenoxy) is 1. The molecule has 0 spiro atoms. The average molecular weight is 415 g/mol. The van der Waals surface area contributed by atoms with E-state index in [1.165, 1.54) is 17.0 Å². The first-order chi connectivity index (χ1) is 14.3. The molecule has 0 saturated carbocycles. The predicted molar refractivity (Wildman–Crippen MR) is 116 cm³/mol. The van der Waals surface area contributed by atoms with Gasteiger partial charge in [-0.1, -0.05) is 51.1 Å². The van der Waals surface area contributed by atoms with Gasteiger partial charge in [-0.05, 0) is 48.6 Å². The molecule has 2 rings (SSSR count). The van der Waals surface area contributed by atoms with Gasteiger partial charge >= 0.3 is 0 Å². The molecular formula is C24H31FN2O3. The van der Waals surface area contributed by atoms with Crippen LogP contribution < -0.4 is 10.1 Å². The summed E-state index contributed by atoms with van der Waals surface area (Å²) in [5, 5.41) is 2.91. The van der Waals surface area contributed by atoms with Gasteiger partial charge in [0.2, 0.25) is 5.91 Å². The standard InChI is InChI=1S/C24H31FN2O3/c1-5-21(24(29)26-14-17(2)3)27(15-19-10-12-20(25)13-11-19)23(28)16-30-22-9-7-6-8-18(22)4/h6-13,17,21H,5,14-16H2,1-4H3,(H,26,29)/t21-/m0/s1. The largest absolute Gasteiger partial charge is 0.484 e. The molecule has 0 unspecified atom stereocenters. The van der Waals surface area contributed by atoms with Crippen LogP contribution in [-0.4, -0.2) is 35.9 Å². The smallest absolute Gasteiger partial charge is 0.261 e. The zero-order valence-corrected chi connectivity index (χ0v) is 18.2. The van der Waals surface area contributed by atoms with E-state index in [-0.39, 0.29) is 30.8 Å². The van der Waals surface area contributed by atoms with Gasteiger partial charge in [0, 0.05) is 13.1 Å². The Morgan fingerprint density at radius 2 is 1.77 bits per heavy atom. The molecule has 0 bridgehead atoms. The summed E-state index contributed by atoms with van der Waals surface area (Å²) in [6.07, 6.45) is 0.460. The third-order valence-corrected chi connectivity index (χ3v) is 4.78. The summed E-state index contributed by atoms with van der Waals surface area (Å²) < 4.78 is 19.0. The Hall–Kier alpha value is -2.89. The molecule has 162 valence electrons. The fraction of sp³-hybridized carbons (Fsp3) is 0.417. The van der Waals surface area contributed by atoms with Gasteiger partial charge in [-0.3, -0.25) is 9.59 Å². The maximum absolute atomic E-state index is 13.3. The monoisotopic (exact) mass is 414 g/mol. The SMILES string of the molecule is CC[C@@H](C(=O)NCC(C)C)N(Cc1ccc(F)cc1)C(=O)COc1ccccc1C. The van der Waals surface area contributed by atoms with Crippen molar-refractivity contribution < 1.29 is 18.7 Å². The maximum atomic E-state index is 13.3. The first-order valence-corrected chi connectivity index (χ1v) is 10.3. The first kappa shape index (κ1) is 23.4. The predicted octanol–water partition coefficient (Wildman–Crippen LogP) is 4.09. The highest BCUT2D eigenvalue weighted by molar-refractivity contribution is 5.88. The number of rotatable bonds is 10. The van der Waals surface area contributed by atoms with E-state index in [0.29, 0.717) is 24.6 Å². The second-order valence-electron chi connectivity index (χ2n) is 7.77. The number of carbonyl (C=O) groups excluding carboxylic acids is 2. The minimum absolute atomic E-state index is 0.181. The van der Waals surface area contributed by atoms with E-state index in [1.807, 2.05) is 45.9 Å². The second kappa shape index (κ2) is 11.3. The molecule has 0 aliphatic rings. The van der Waals surface area contributed by atoms with Crippen LogP contribution >= 0.6 is 0 Å². The van der Waals surface area contributed by atoms with Crippen LogP contribution in [-0.2, 0) is 16.1 Å². The summed E-state index contributed by atoms with van der Waals surface area (Å²) >= 11 is 0. The number of benzene rings is 2. The van der Waals surface area contributed by atoms with Crippen LogP contribution in [0, 0.1) is 18.7 Å². The van der Waals surface area contributed by atoms with Gasteiger partial charge < -0.3 is 15.0 Å². The quantitative estimate of drug-likeness (QED) is 0.637. The van der Waals surface area contributed by atoms with Crippen molar-refractivity contribution in [1.82, 2.24) is 10.2 Å². The molecule has 0 aliphatic carbocycles. The van der Waals surface area contributed by atoms with Crippen molar-refractivity contribution in [2.75, 3.05) is 13.2 Å². The molecule has 1 atom stereocenters. The molecule has 1 N–H and O–H groups in total. The molecular weight excluding hydrogens is 383 g/mol. The van der Waals surface area contributed by atoms with Gasteiger partial charge in [-0.2, -0.15) is 0 Å². The van der Waals surface area contributed by atoms with Crippen molar-refractivity contribution in [2.45, 2.75) is 46.7 Å². The van der Waals surface area contributed by atoms with Gasteiger partial charge in [0.05, 0.1) is 0 Å². The number of carbonyl (C=O) groups is 2. The van der Waals surface area contributed by atoms with E-state index in [4.69, 9.17) is 4.74 Å². The van der Waals surface area contributed by atoms with Crippen LogP contribution in [0.5, 0.6) is 5.75 Å². The molecule has 6 heteroatoms. The van der Waals surface area contributed by atoms with Crippen molar-refractivity contribution >= 4 is 11.8 Å². The lowest BCUT2D eigenvalue weighted by atomic mass is 10.1. The van der Waals surface area contributed by atoms with Crippen LogP contribution in [0.15, 0.2) is 48.5 Å². The Kier molecular flexibility index (Phi) is 8.84. The number of hydrogen-bond acceptors (Lipinski definition) is 3. The molecule has 0 fully saturated rings. The molecule has 0 radical (unpaired) electrons. The lowest BCUT2D eigenvalue weighted by Gasteiger charge is -2.31. The Morgan fingerprint density at radius 1 is 1.10 bits per heavy atom. The number of para-hydroxylation sites is 1. The Bertz CT molecular complexity index is 837. The van der Waals surface area contributed by atoms with Crippen LogP contribution in [0.2, 0.25) is 0 Å². The van der Waals surface area contributed by atoms with Gasteiger partial charge in [0.25, 0.3) is 5.91 Å². The molecule has 0 saturated heterocycles. The number of amides is 2. The maximum Gasteiger partial charge on any atom is 0.261 e. The van der Waals surface area contributed by atoms with E-state index >= 15 is 0 Å². The van der Waals surface area contributed by atoms with Crippen LogP contribution in [0.1, 0.15) is 38.3 Å². The number of aryl methyl sites for hydroxylation is 1. The van der Waals surface area contributed by atoms with Crippen LogP contribution in [0.25, 0.3) is 0 Å². The Labute approximate surface area is 178 Å². The van der Waals surface area contributed by atoms with Crippen molar-refractivity contribution in [3.05, 3.63) is 65.5 Å². The molecule has 2 aromatic rings. The van der Waals surface area contributed by atoms with Crippen molar-refractivity contribution in [2.24, 2.45) is 5.92 Å². The summed E-state index contributed by atoms with van der Waals surface area (Å²) in [5.74, 6) is 0.0925. The highest BCUT2D eigenvalue weighted by Gasteiger charge is 2.29. The van der Waals surface area contributed by atoms with Gasteiger partial charge in [0.1, 0.15) is 17.6 Å². The van der Waals surface area contributed by atoms with Crippen molar-refractivity contribution in [3.63, 3.8) is 0 Å². The Morgan fingerprint density at radius 3 is 2.37 bits per heavy atom. The van der Waals surface area contributed by atoms with E-state index in [1.54, 1.807) is 18.2 Å². The first-order valence-electron chi connectivity index (χ1n) is 10.3. The van der Waals surface area contributed by atoms with E-state index in [2.05, 4.69) is 5.32 Å². The molecule has 2 aromatic carbocycles. The molecule has 5 nitrogen and oxygen atoms in total. The number of nitrogens with zero attached hydrogens (tertiary/aromatic N) is 1. The summed E-state index contributed by atoms with van der Waals surface area (Å²) in [6.45, 7) is 8.35. The summed E-state index contributed by atoms with van der Waals surface area (Å²) in [7, 11) is 0. The van der Waals surface area contributed by atoms with E-state index in [9.17, 15) is 14.0 Å². The lowest BCUT2D eigenvalue weighted by molar-refractivity contribution is -0.143. The topological polar surface area (TPSA) is 58.6 Å². The average Bonchev–Trinajstić information content (AvgIpc) is 2.72. The lowest BCUT2D eigenvalue weighted by Crippen LogP contribution is -2.50. The van der Waals surface area contributed by atoms with Crippen molar-refractivity contribution in [1.29, 1.82) is 0 Å². The molecule has 30 heavy (non-hydrogen) atoms. The Balaban J connectivity index is 2.19. The highest BCUT2D eigenvalue weighted by Crippen LogP contribution is 2.18. The molecule has 0 aromatic heterocycles. The van der Waals surface area contributed by atoms with Crippen molar-refractivity contribution in [3.8, 4) is 5.75 Å². The third-order valence-electron chi connectivity index (χ3n) is 4.78. The fourth-order valence-electron chi connectivity index (χ4n) is 3.07. The molecule has 2 amide bonds. The van der Waals surface area contributed by atoms with Gasteiger partial charge in [0.15, 0.2) is 6.61 Å². The molecule has 0 aliphatic heterocycles. The highest BCUT2D eigenvalue weighted by atomic mass is 19.1. The fourth-order valence-corrected chi connectivity index (χ4v) is 3.07. The van der Waals surface area contributed by atoms with E-state index in [0.717, 1.165) is 11.1 Å². The van der Waals surface area contributed by atoms with Crippen LogP contribution in [0.4, 0.5) is 4.39 Å². The zero-order chi connectivity index (χ0) is 22.1. The molecule has 0 heterocycles. The normalized spacial score (nSPS) is 11.8. The number of halogens is 1. The summed E-state index contributed by atoms with van der Waals surface area (Å²) in [6, 6.07) is 12.8. The van der Waals surface area contributed by atoms with Crippen LogP contribution in [0.3, 0.4) is 0 Å². The summed E-state index contributed by atoms with van der Waals surface area (Å²) in [5.41, 5.74) is 1.67. The zero-order valence-electron chi connectivity index (χ0n) is 18.2. The van der Waals surface area contributed by atoms with E-state index < -0.39 is 6.04 Å². The second-order valence-corrected chi connectivity index (χ2v) is 7.77. The minimum Gasteiger partial charge on any atom is -0.484 e. The number of nitrogens with one attached hydrogen (secondary N) is 1. The minimum atomic E-state index is -0.637.